The van der Waals surface area contributed by atoms with Crippen molar-refractivity contribution in [3.8, 4) is 0 Å². The molecular weight excluding hydrogens is 226 g/mol. The van der Waals surface area contributed by atoms with Crippen LogP contribution in [0, 0.1) is 5.82 Å². The minimum atomic E-state index is -1.62. The second-order valence-electron chi connectivity index (χ2n) is 2.35. The highest BCUT2D eigenvalue weighted by Crippen LogP contribution is 2.05. The second-order valence-corrected chi connectivity index (χ2v) is 2.91. The molecule has 12 heavy (non-hydrogen) atoms. The van der Waals surface area contributed by atoms with Gasteiger partial charge in [0.2, 0.25) is 0 Å². The summed E-state index contributed by atoms with van der Waals surface area (Å²) in [6, 6.07) is 3.91. The molecule has 0 fully saturated rings. The molecule has 0 bridgehead atoms. The molecule has 0 spiro atoms. The van der Waals surface area contributed by atoms with E-state index in [1.807, 2.05) is 0 Å². The van der Waals surface area contributed by atoms with E-state index in [1.165, 1.54) is 12.1 Å². The highest BCUT2D eigenvalue weighted by atomic mass is 79.9. The van der Waals surface area contributed by atoms with Gasteiger partial charge in [0.25, 0.3) is 0 Å². The normalized spacial score (nSPS) is 10.0. The molecule has 0 heterocycles. The van der Waals surface area contributed by atoms with Gasteiger partial charge in [-0.1, -0.05) is 22.0 Å². The van der Waals surface area contributed by atoms with Crippen LogP contribution in [0.2, 0.25) is 0 Å². The van der Waals surface area contributed by atoms with Crippen molar-refractivity contribution in [2.24, 2.45) is 0 Å². The molecule has 0 radical (unpaired) electrons. The molecule has 0 saturated heterocycles. The third kappa shape index (κ3) is 2.06. The number of hydrogen-bond donors (Lipinski definition) is 2. The zero-order valence-electron chi connectivity index (χ0n) is 6.17. The van der Waals surface area contributed by atoms with Crippen LogP contribution in [0.1, 0.15) is 5.56 Å². The zero-order valence-corrected chi connectivity index (χ0v) is 7.75. The average molecular weight is 233 g/mol. The molecule has 2 N–H and O–H groups in total. The third-order valence-corrected chi connectivity index (χ3v) is 2.13. The molecule has 1 rings (SSSR count). The van der Waals surface area contributed by atoms with Gasteiger partial charge in [-0.15, -0.1) is 0 Å². The van der Waals surface area contributed by atoms with Gasteiger partial charge >= 0.3 is 7.12 Å². The Morgan fingerprint density at radius 1 is 1.42 bits per heavy atom. The van der Waals surface area contributed by atoms with Gasteiger partial charge in [-0.2, -0.15) is 0 Å². The van der Waals surface area contributed by atoms with E-state index in [9.17, 15) is 4.39 Å². The smallest absolute Gasteiger partial charge is 0.423 e. The van der Waals surface area contributed by atoms with Crippen molar-refractivity contribution in [1.82, 2.24) is 0 Å². The van der Waals surface area contributed by atoms with Crippen LogP contribution in [0.4, 0.5) is 4.39 Å². The quantitative estimate of drug-likeness (QED) is 0.573. The van der Waals surface area contributed by atoms with Crippen LogP contribution < -0.4 is 5.46 Å². The summed E-state index contributed by atoms with van der Waals surface area (Å²) in [6.07, 6.45) is 0. The molecule has 0 aliphatic heterocycles. The van der Waals surface area contributed by atoms with Gasteiger partial charge in [0.1, 0.15) is 5.82 Å². The Labute approximate surface area is 78.3 Å². The van der Waals surface area contributed by atoms with Crippen LogP contribution >= 0.6 is 15.9 Å². The molecule has 0 aliphatic carbocycles. The summed E-state index contributed by atoms with van der Waals surface area (Å²) in [7, 11) is -1.62. The molecule has 0 amide bonds. The first-order valence-corrected chi connectivity index (χ1v) is 4.47. The van der Waals surface area contributed by atoms with Crippen LogP contribution in [0.3, 0.4) is 0 Å². The average Bonchev–Trinajstić information content (AvgIpc) is 2.04. The fourth-order valence-electron chi connectivity index (χ4n) is 0.928. The van der Waals surface area contributed by atoms with Gasteiger partial charge in [-0.25, -0.2) is 4.39 Å². The fourth-order valence-corrected chi connectivity index (χ4v) is 1.44. The van der Waals surface area contributed by atoms with Gasteiger partial charge in [-0.05, 0) is 23.2 Å². The van der Waals surface area contributed by atoms with E-state index >= 15 is 0 Å². The Balaban J connectivity index is 3.12. The first-order chi connectivity index (χ1) is 5.65. The highest BCUT2D eigenvalue weighted by Gasteiger charge is 2.15. The Morgan fingerprint density at radius 2 is 2.08 bits per heavy atom. The lowest BCUT2D eigenvalue weighted by Crippen LogP contribution is -2.33. The van der Waals surface area contributed by atoms with Crippen LogP contribution in [0.15, 0.2) is 18.2 Å². The van der Waals surface area contributed by atoms with Crippen molar-refractivity contribution >= 4 is 28.5 Å². The Bertz CT molecular complexity index is 280. The molecule has 0 aliphatic rings. The van der Waals surface area contributed by atoms with E-state index in [0.29, 0.717) is 10.9 Å². The van der Waals surface area contributed by atoms with Crippen molar-refractivity contribution < 1.29 is 14.4 Å². The van der Waals surface area contributed by atoms with Crippen molar-refractivity contribution in [3.63, 3.8) is 0 Å². The molecule has 2 nitrogen and oxygen atoms in total. The van der Waals surface area contributed by atoms with Crippen LogP contribution in [-0.2, 0) is 5.33 Å². The summed E-state index contributed by atoms with van der Waals surface area (Å²) in [5.74, 6) is -0.470. The molecule has 1 aromatic rings. The van der Waals surface area contributed by atoms with E-state index in [0.717, 1.165) is 6.07 Å². The standard InChI is InChI=1S/C7H7BBrFO2/c9-4-5-1-2-6(10)3-7(5)8(11)12/h1-3,11-12H,4H2. The molecule has 0 atom stereocenters. The number of halogens is 2. The number of hydrogen-bond acceptors (Lipinski definition) is 2. The van der Waals surface area contributed by atoms with Gasteiger partial charge in [0.15, 0.2) is 0 Å². The Hall–Kier alpha value is -0.385. The molecule has 0 saturated carbocycles. The predicted octanol–water partition coefficient (Wildman–Crippen LogP) is 0.400. The Morgan fingerprint density at radius 3 is 2.58 bits per heavy atom. The lowest BCUT2D eigenvalue weighted by molar-refractivity contribution is 0.425. The summed E-state index contributed by atoms with van der Waals surface area (Å²) < 4.78 is 12.6. The van der Waals surface area contributed by atoms with Crippen molar-refractivity contribution in [2.75, 3.05) is 0 Å². The van der Waals surface area contributed by atoms with Gasteiger partial charge < -0.3 is 10.0 Å². The van der Waals surface area contributed by atoms with E-state index in [4.69, 9.17) is 10.0 Å². The summed E-state index contributed by atoms with van der Waals surface area (Å²) in [5, 5.41) is 18.1. The van der Waals surface area contributed by atoms with Crippen molar-refractivity contribution in [2.45, 2.75) is 5.33 Å². The number of benzene rings is 1. The maximum Gasteiger partial charge on any atom is 0.488 e. The van der Waals surface area contributed by atoms with E-state index in [2.05, 4.69) is 15.9 Å². The third-order valence-electron chi connectivity index (χ3n) is 1.53. The molecule has 64 valence electrons. The van der Waals surface area contributed by atoms with E-state index < -0.39 is 12.9 Å². The largest absolute Gasteiger partial charge is 0.488 e. The summed E-state index contributed by atoms with van der Waals surface area (Å²) in [6.45, 7) is 0. The monoisotopic (exact) mass is 232 g/mol. The maximum atomic E-state index is 12.6. The second kappa shape index (κ2) is 4.02. The molecule has 5 heteroatoms. The number of alkyl halides is 1. The SMILES string of the molecule is OB(O)c1cc(F)ccc1CBr. The lowest BCUT2D eigenvalue weighted by Gasteiger charge is -2.05. The maximum absolute atomic E-state index is 12.6. The summed E-state index contributed by atoms with van der Waals surface area (Å²) >= 11 is 3.16. The fraction of sp³-hybridized carbons (Fsp3) is 0.143. The van der Waals surface area contributed by atoms with Crippen LogP contribution in [0.25, 0.3) is 0 Å². The molecular formula is C7H7BBrFO2. The predicted molar refractivity (Wildman–Crippen MR) is 48.9 cm³/mol. The minimum absolute atomic E-state index is 0.201. The Kier molecular flexibility index (Phi) is 3.25. The van der Waals surface area contributed by atoms with E-state index in [-0.39, 0.29) is 5.46 Å². The topological polar surface area (TPSA) is 40.5 Å². The molecule has 1 aromatic carbocycles. The lowest BCUT2D eigenvalue weighted by atomic mass is 9.77. The first-order valence-electron chi connectivity index (χ1n) is 3.35. The van der Waals surface area contributed by atoms with Crippen molar-refractivity contribution in [1.29, 1.82) is 0 Å². The first kappa shape index (κ1) is 9.70. The summed E-state index contributed by atoms with van der Waals surface area (Å²) in [5.41, 5.74) is 0.873. The highest BCUT2D eigenvalue weighted by molar-refractivity contribution is 9.08. The minimum Gasteiger partial charge on any atom is -0.423 e. The van der Waals surface area contributed by atoms with Crippen LogP contribution in [-0.4, -0.2) is 17.2 Å². The van der Waals surface area contributed by atoms with Gasteiger partial charge in [0, 0.05) is 5.33 Å². The van der Waals surface area contributed by atoms with Gasteiger partial charge in [-0.3, -0.25) is 0 Å². The summed E-state index contributed by atoms with van der Waals surface area (Å²) in [4.78, 5) is 0. The van der Waals surface area contributed by atoms with Crippen molar-refractivity contribution in [3.05, 3.63) is 29.6 Å². The van der Waals surface area contributed by atoms with Crippen LogP contribution in [0.5, 0.6) is 0 Å². The van der Waals surface area contributed by atoms with E-state index in [1.54, 1.807) is 0 Å². The molecule has 0 unspecified atom stereocenters. The zero-order chi connectivity index (χ0) is 9.14. The number of rotatable bonds is 2. The molecule has 0 aromatic heterocycles. The van der Waals surface area contributed by atoms with Gasteiger partial charge in [0.05, 0.1) is 0 Å².